The van der Waals surface area contributed by atoms with E-state index in [2.05, 4.69) is 22.6 Å². The summed E-state index contributed by atoms with van der Waals surface area (Å²) in [5.41, 5.74) is -2.31. The van der Waals surface area contributed by atoms with E-state index in [1.807, 2.05) is 4.72 Å². The number of sulfonamides is 1. The van der Waals surface area contributed by atoms with Gasteiger partial charge in [-0.15, -0.1) is 12.6 Å². The predicted octanol–water partition coefficient (Wildman–Crippen LogP) is 4.23. The number of carbonyl (C=O) groups is 1. The molecule has 0 saturated heterocycles. The van der Waals surface area contributed by atoms with Crippen molar-refractivity contribution in [3.63, 3.8) is 0 Å². The molecule has 1 aromatic heterocycles. The van der Waals surface area contributed by atoms with Crippen molar-refractivity contribution >= 4 is 45.5 Å². The molecular weight excluding hydrogens is 491 g/mol. The summed E-state index contributed by atoms with van der Waals surface area (Å²) in [4.78, 5) is 19.8. The van der Waals surface area contributed by atoms with Crippen molar-refractivity contribution in [1.29, 1.82) is 0 Å². The van der Waals surface area contributed by atoms with Crippen molar-refractivity contribution in [2.24, 2.45) is 0 Å². The fourth-order valence-corrected chi connectivity index (χ4v) is 4.77. The van der Waals surface area contributed by atoms with E-state index >= 15 is 4.39 Å². The van der Waals surface area contributed by atoms with Crippen LogP contribution >= 0.6 is 12.6 Å². The Kier molecular flexibility index (Phi) is 5.90. The maximum absolute atomic E-state index is 15.6. The van der Waals surface area contributed by atoms with Gasteiger partial charge in [0.15, 0.2) is 27.2 Å². The van der Waals surface area contributed by atoms with Crippen molar-refractivity contribution in [2.75, 3.05) is 4.72 Å². The van der Waals surface area contributed by atoms with Crippen molar-refractivity contribution < 1.29 is 31.1 Å². The number of hydrogen-bond acceptors (Lipinski definition) is 7. The van der Waals surface area contributed by atoms with Crippen LogP contribution in [0.25, 0.3) is 11.3 Å². The fourth-order valence-electron chi connectivity index (χ4n) is 3.40. The molecule has 3 aromatic rings. The summed E-state index contributed by atoms with van der Waals surface area (Å²) in [5, 5.41) is 0.0824. The molecule has 176 valence electrons. The largest absolute Gasteiger partial charge is 0.477 e. The van der Waals surface area contributed by atoms with Gasteiger partial charge in [-0.2, -0.15) is 0 Å². The molecule has 0 unspecified atom stereocenters. The number of ether oxygens (including phenoxy) is 1. The molecule has 0 radical (unpaired) electrons. The highest BCUT2D eigenvalue weighted by Crippen LogP contribution is 2.42. The Bertz CT molecular complexity index is 1450. The van der Waals surface area contributed by atoms with Crippen LogP contribution in [0.3, 0.4) is 0 Å². The van der Waals surface area contributed by atoms with Crippen LogP contribution in [-0.4, -0.2) is 29.8 Å². The lowest BCUT2D eigenvalue weighted by Crippen LogP contribution is -2.29. The number of aromatic nitrogens is 2. The molecule has 0 saturated carbocycles. The zero-order chi connectivity index (χ0) is 24.8. The number of nitrogens with zero attached hydrogens (tertiary/aromatic N) is 2. The van der Waals surface area contributed by atoms with Crippen LogP contribution in [0, 0.1) is 17.5 Å². The first kappa shape index (κ1) is 23.8. The lowest BCUT2D eigenvalue weighted by atomic mass is 9.92. The first-order valence-electron chi connectivity index (χ1n) is 9.68. The molecule has 4 rings (SSSR count). The third-order valence-corrected chi connectivity index (χ3v) is 6.57. The van der Waals surface area contributed by atoms with Gasteiger partial charge in [-0.1, -0.05) is 18.2 Å². The minimum atomic E-state index is -4.85. The van der Waals surface area contributed by atoms with Gasteiger partial charge in [0.05, 0.1) is 11.3 Å². The van der Waals surface area contributed by atoms with Crippen LogP contribution in [0.15, 0.2) is 58.7 Å². The van der Waals surface area contributed by atoms with E-state index in [0.717, 1.165) is 24.3 Å². The standard InChI is InChI=1S/C22H16F3N3O4S2/c1-22(2)20(29)16(18(32-22)15-9-10-26-21(33)27-15)11-5-3-8-14(17(11)25)28-34(30,31)19-12(23)6-4-7-13(19)24/h3-10,28H,1-2H3,(H,26,27,33). The van der Waals surface area contributed by atoms with Crippen LogP contribution < -0.4 is 4.72 Å². The van der Waals surface area contributed by atoms with E-state index in [9.17, 15) is 22.0 Å². The Hall–Kier alpha value is -3.38. The highest BCUT2D eigenvalue weighted by Gasteiger charge is 2.44. The van der Waals surface area contributed by atoms with Gasteiger partial charge in [0.25, 0.3) is 10.0 Å². The van der Waals surface area contributed by atoms with Gasteiger partial charge in [-0.3, -0.25) is 9.52 Å². The minimum absolute atomic E-state index is 0.0493. The number of halogens is 3. The molecule has 0 fully saturated rings. The molecule has 2 aromatic carbocycles. The molecule has 0 aliphatic carbocycles. The van der Waals surface area contributed by atoms with E-state index in [-0.39, 0.29) is 27.7 Å². The Labute approximate surface area is 198 Å². The molecule has 0 spiro atoms. The highest BCUT2D eigenvalue weighted by molar-refractivity contribution is 7.92. The van der Waals surface area contributed by atoms with Gasteiger partial charge in [0.1, 0.15) is 17.3 Å². The number of hydrogen-bond donors (Lipinski definition) is 2. The van der Waals surface area contributed by atoms with Gasteiger partial charge in [0.2, 0.25) is 5.78 Å². The summed E-state index contributed by atoms with van der Waals surface area (Å²) in [7, 11) is -4.85. The molecule has 0 amide bonds. The topological polar surface area (TPSA) is 98.2 Å². The summed E-state index contributed by atoms with van der Waals surface area (Å²) in [5.74, 6) is -4.47. The molecule has 34 heavy (non-hydrogen) atoms. The second kappa shape index (κ2) is 8.44. The number of carbonyl (C=O) groups excluding carboxylic acids is 1. The second-order valence-corrected chi connectivity index (χ2v) is 9.73. The van der Waals surface area contributed by atoms with E-state index < -0.39 is 49.4 Å². The van der Waals surface area contributed by atoms with Gasteiger partial charge in [-0.05, 0) is 38.1 Å². The van der Waals surface area contributed by atoms with E-state index in [4.69, 9.17) is 4.74 Å². The monoisotopic (exact) mass is 507 g/mol. The van der Waals surface area contributed by atoms with Crippen molar-refractivity contribution in [3.8, 4) is 0 Å². The van der Waals surface area contributed by atoms with Crippen molar-refractivity contribution in [3.05, 3.63) is 77.4 Å². The fraction of sp³-hybridized carbons (Fsp3) is 0.136. The lowest BCUT2D eigenvalue weighted by Gasteiger charge is -2.17. The second-order valence-electron chi connectivity index (χ2n) is 7.71. The number of ketones is 1. The number of thiol groups is 1. The number of nitrogens with one attached hydrogen (secondary N) is 1. The summed E-state index contributed by atoms with van der Waals surface area (Å²) < 4.78 is 76.5. The summed E-state index contributed by atoms with van der Waals surface area (Å²) in [6.07, 6.45) is 1.37. The van der Waals surface area contributed by atoms with Crippen molar-refractivity contribution in [2.45, 2.75) is 29.5 Å². The van der Waals surface area contributed by atoms with Gasteiger partial charge in [-0.25, -0.2) is 31.6 Å². The van der Waals surface area contributed by atoms with Crippen LogP contribution in [0.4, 0.5) is 18.9 Å². The summed E-state index contributed by atoms with van der Waals surface area (Å²) >= 11 is 4.07. The molecule has 0 bridgehead atoms. The normalized spacial score (nSPS) is 15.4. The molecular formula is C22H16F3N3O4S2. The molecule has 1 aliphatic heterocycles. The minimum Gasteiger partial charge on any atom is -0.477 e. The zero-order valence-corrected chi connectivity index (χ0v) is 19.3. The maximum Gasteiger partial charge on any atom is 0.267 e. The SMILES string of the molecule is CC1(C)OC(c2ccnc(S)n2)=C(c2cccc(NS(=O)(=O)c3c(F)cccc3F)c2F)C1=O. The average molecular weight is 508 g/mol. The molecule has 1 aliphatic rings. The van der Waals surface area contributed by atoms with E-state index in [1.165, 1.54) is 38.2 Å². The molecule has 0 atom stereocenters. The predicted molar refractivity (Wildman–Crippen MR) is 120 cm³/mol. The lowest BCUT2D eigenvalue weighted by molar-refractivity contribution is -0.125. The van der Waals surface area contributed by atoms with Gasteiger partial charge < -0.3 is 4.74 Å². The summed E-state index contributed by atoms with van der Waals surface area (Å²) in [6, 6.07) is 7.53. The average Bonchev–Trinajstić information content (AvgIpc) is 2.98. The Balaban J connectivity index is 1.85. The first-order valence-corrected chi connectivity index (χ1v) is 11.6. The number of anilines is 1. The molecule has 7 nitrogen and oxygen atoms in total. The first-order chi connectivity index (χ1) is 15.9. The Morgan fingerprint density at radius 1 is 1.03 bits per heavy atom. The van der Waals surface area contributed by atoms with Gasteiger partial charge >= 0.3 is 0 Å². The van der Waals surface area contributed by atoms with Crippen molar-refractivity contribution in [1.82, 2.24) is 9.97 Å². The zero-order valence-electron chi connectivity index (χ0n) is 17.6. The molecule has 1 N–H and O–H groups in total. The van der Waals surface area contributed by atoms with E-state index in [0.29, 0.717) is 0 Å². The molecule has 12 heteroatoms. The van der Waals surface area contributed by atoms with Crippen LogP contribution in [0.1, 0.15) is 25.1 Å². The smallest absolute Gasteiger partial charge is 0.267 e. The van der Waals surface area contributed by atoms with Gasteiger partial charge in [0, 0.05) is 11.8 Å². The molecule has 2 heterocycles. The van der Waals surface area contributed by atoms with E-state index in [1.54, 1.807) is 0 Å². The maximum atomic E-state index is 15.6. The third kappa shape index (κ3) is 4.14. The van der Waals surface area contributed by atoms with Crippen LogP contribution in [0.5, 0.6) is 0 Å². The number of rotatable bonds is 5. The summed E-state index contributed by atoms with van der Waals surface area (Å²) in [6.45, 7) is 2.97. The van der Waals surface area contributed by atoms with Crippen LogP contribution in [-0.2, 0) is 19.6 Å². The quantitative estimate of drug-likeness (QED) is 0.396. The number of Topliss-reactive ketones (excluding diaryl/α,β-unsaturated/α-hetero) is 1. The third-order valence-electron chi connectivity index (χ3n) is 4.93. The highest BCUT2D eigenvalue weighted by atomic mass is 32.2. The number of benzene rings is 2. The Morgan fingerprint density at radius 2 is 1.68 bits per heavy atom. The van der Waals surface area contributed by atoms with Crippen LogP contribution in [0.2, 0.25) is 0 Å². The Morgan fingerprint density at radius 3 is 2.32 bits per heavy atom.